The number of Topliss-reactive ketones (excluding diaryl/α,β-unsaturated/α-hetero) is 1. The molecule has 3 N–H and O–H groups in total. The number of ketones is 1. The van der Waals surface area contributed by atoms with Gasteiger partial charge in [0.2, 0.25) is 5.88 Å². The Morgan fingerprint density at radius 3 is 2.64 bits per heavy atom. The Balaban J connectivity index is 2.58. The number of hydrogen-bond donors (Lipinski definition) is 3. The van der Waals surface area contributed by atoms with E-state index in [0.29, 0.717) is 10.4 Å². The second-order valence-electron chi connectivity index (χ2n) is 4.94. The lowest BCUT2D eigenvalue weighted by molar-refractivity contribution is 0.0527. The van der Waals surface area contributed by atoms with Crippen molar-refractivity contribution >= 4 is 46.5 Å². The lowest BCUT2D eigenvalue weighted by Crippen LogP contribution is -2.13. The van der Waals surface area contributed by atoms with Gasteiger partial charge >= 0.3 is 5.97 Å². The first kappa shape index (κ1) is 18.7. The quantitative estimate of drug-likeness (QED) is 0.316. The van der Waals surface area contributed by atoms with Crippen LogP contribution in [0.3, 0.4) is 0 Å². The van der Waals surface area contributed by atoms with E-state index in [1.54, 1.807) is 13.8 Å². The van der Waals surface area contributed by atoms with Gasteiger partial charge in [0.1, 0.15) is 10.6 Å². The van der Waals surface area contributed by atoms with Gasteiger partial charge in [0.15, 0.2) is 10.6 Å². The summed E-state index contributed by atoms with van der Waals surface area (Å²) in [6, 6.07) is 0. The highest BCUT2D eigenvalue weighted by atomic mass is 32.1. The number of aromatic nitrogens is 2. The van der Waals surface area contributed by atoms with Gasteiger partial charge in [0, 0.05) is 6.21 Å². The second kappa shape index (κ2) is 7.53. The first-order valence-electron chi connectivity index (χ1n) is 7.17. The third kappa shape index (κ3) is 3.91. The highest BCUT2D eigenvalue weighted by Crippen LogP contribution is 2.36. The van der Waals surface area contributed by atoms with Gasteiger partial charge in [-0.3, -0.25) is 14.6 Å². The maximum absolute atomic E-state index is 12.2. The van der Waals surface area contributed by atoms with Crippen molar-refractivity contribution in [1.82, 2.24) is 9.97 Å². The van der Waals surface area contributed by atoms with Gasteiger partial charge in [-0.05, 0) is 38.6 Å². The maximum Gasteiger partial charge on any atom is 0.341 e. The summed E-state index contributed by atoms with van der Waals surface area (Å²) >= 11 is 5.75. The molecule has 2 aromatic rings. The third-order valence-corrected chi connectivity index (χ3v) is 4.70. The van der Waals surface area contributed by atoms with E-state index in [1.807, 2.05) is 0 Å². The predicted molar refractivity (Wildman–Crippen MR) is 96.2 cm³/mol. The van der Waals surface area contributed by atoms with E-state index in [-0.39, 0.29) is 33.3 Å². The van der Waals surface area contributed by atoms with E-state index in [4.69, 9.17) is 17.0 Å². The minimum atomic E-state index is -0.636. The zero-order valence-electron chi connectivity index (χ0n) is 13.6. The standard InChI is InChI=1S/C15H15N3O5S2/c1-4-23-14(22)9-6(2)10(7(3)19)25-13(9)16-5-8-11(20)17-15(24)18-12(8)21/h5H,4H2,1-3H3,(H3,17,18,20,21,24)/b16-5+. The van der Waals surface area contributed by atoms with E-state index >= 15 is 0 Å². The normalized spacial score (nSPS) is 11.0. The molecule has 0 atom stereocenters. The average molecular weight is 381 g/mol. The van der Waals surface area contributed by atoms with Crippen LogP contribution >= 0.6 is 23.6 Å². The largest absolute Gasteiger partial charge is 0.494 e. The maximum atomic E-state index is 12.2. The molecule has 0 unspecified atom stereocenters. The molecule has 0 aliphatic heterocycles. The Morgan fingerprint density at radius 1 is 1.40 bits per heavy atom. The SMILES string of the molecule is CCOC(=O)c1c(/N=C/c2c(O)[nH]c(=S)[nH]c2=O)sc(C(C)=O)c1C. The van der Waals surface area contributed by atoms with Crippen LogP contribution in [0.2, 0.25) is 0 Å². The first-order chi connectivity index (χ1) is 11.8. The highest BCUT2D eigenvalue weighted by molar-refractivity contribution is 7.71. The zero-order valence-corrected chi connectivity index (χ0v) is 15.3. The fourth-order valence-electron chi connectivity index (χ4n) is 2.10. The summed E-state index contributed by atoms with van der Waals surface area (Å²) < 4.78 is 4.97. The van der Waals surface area contributed by atoms with Crippen molar-refractivity contribution in [3.8, 4) is 5.88 Å². The predicted octanol–water partition coefficient (Wildman–Crippen LogP) is 2.64. The van der Waals surface area contributed by atoms with Gasteiger partial charge in [-0.2, -0.15) is 0 Å². The van der Waals surface area contributed by atoms with Crippen LogP contribution in [0.4, 0.5) is 5.00 Å². The monoisotopic (exact) mass is 381 g/mol. The van der Waals surface area contributed by atoms with E-state index in [0.717, 1.165) is 17.6 Å². The van der Waals surface area contributed by atoms with Crippen LogP contribution < -0.4 is 5.56 Å². The average Bonchev–Trinajstić information content (AvgIpc) is 2.83. The Labute approximate surface area is 151 Å². The van der Waals surface area contributed by atoms with E-state index in [2.05, 4.69) is 15.0 Å². The number of carbonyl (C=O) groups excluding carboxylic acids is 2. The van der Waals surface area contributed by atoms with Crippen molar-refractivity contribution in [2.24, 2.45) is 4.99 Å². The smallest absolute Gasteiger partial charge is 0.341 e. The number of hydrogen-bond acceptors (Lipinski definition) is 8. The van der Waals surface area contributed by atoms with Crippen molar-refractivity contribution in [1.29, 1.82) is 0 Å². The number of aromatic amines is 2. The number of rotatable bonds is 5. The minimum Gasteiger partial charge on any atom is -0.494 e. The lowest BCUT2D eigenvalue weighted by Gasteiger charge is -2.02. The van der Waals surface area contributed by atoms with Gasteiger partial charge in [-0.15, -0.1) is 11.3 Å². The van der Waals surface area contributed by atoms with Crippen molar-refractivity contribution in [3.05, 3.63) is 36.7 Å². The number of nitrogens with one attached hydrogen (secondary N) is 2. The number of ether oxygens (including phenoxy) is 1. The second-order valence-corrected chi connectivity index (χ2v) is 6.35. The molecule has 0 saturated carbocycles. The molecule has 0 spiro atoms. The Morgan fingerprint density at radius 2 is 2.08 bits per heavy atom. The summed E-state index contributed by atoms with van der Waals surface area (Å²) in [4.78, 5) is 44.9. The highest BCUT2D eigenvalue weighted by Gasteiger charge is 2.23. The van der Waals surface area contributed by atoms with E-state index in [9.17, 15) is 19.5 Å². The van der Waals surface area contributed by atoms with Crippen molar-refractivity contribution < 1.29 is 19.4 Å². The number of thiophene rings is 1. The van der Waals surface area contributed by atoms with Crippen LogP contribution in [0.25, 0.3) is 0 Å². The molecule has 0 aliphatic carbocycles. The molecule has 8 nitrogen and oxygen atoms in total. The molecule has 0 fully saturated rings. The summed E-state index contributed by atoms with van der Waals surface area (Å²) in [5.74, 6) is -1.27. The summed E-state index contributed by atoms with van der Waals surface area (Å²) in [5.41, 5.74) is -0.164. The molecule has 25 heavy (non-hydrogen) atoms. The van der Waals surface area contributed by atoms with Crippen LogP contribution in [0, 0.1) is 11.7 Å². The molecule has 2 heterocycles. The van der Waals surface area contributed by atoms with Crippen molar-refractivity contribution in [2.75, 3.05) is 6.61 Å². The number of H-pyrrole nitrogens is 2. The van der Waals surface area contributed by atoms with Crippen LogP contribution in [0.1, 0.15) is 45.0 Å². The number of aromatic hydroxyl groups is 1. The molecular formula is C15H15N3O5S2. The Hall–Kier alpha value is -2.59. The van der Waals surface area contributed by atoms with Crippen LogP contribution in [0.5, 0.6) is 5.88 Å². The zero-order chi connectivity index (χ0) is 18.7. The lowest BCUT2D eigenvalue weighted by atomic mass is 10.1. The molecular weight excluding hydrogens is 366 g/mol. The molecule has 2 aromatic heterocycles. The van der Waals surface area contributed by atoms with E-state index in [1.165, 1.54) is 6.92 Å². The van der Waals surface area contributed by atoms with Gasteiger partial charge < -0.3 is 14.8 Å². The fourth-order valence-corrected chi connectivity index (χ4v) is 3.32. The molecule has 0 radical (unpaired) electrons. The van der Waals surface area contributed by atoms with Gasteiger partial charge in [0.05, 0.1) is 17.0 Å². The molecule has 0 aromatic carbocycles. The topological polar surface area (TPSA) is 125 Å². The van der Waals surface area contributed by atoms with Crippen LogP contribution in [0.15, 0.2) is 9.79 Å². The third-order valence-electron chi connectivity index (χ3n) is 3.20. The van der Waals surface area contributed by atoms with Crippen LogP contribution in [-0.4, -0.2) is 39.6 Å². The Kier molecular flexibility index (Phi) is 5.65. The summed E-state index contributed by atoms with van der Waals surface area (Å²) in [6.07, 6.45) is 1.09. The number of carbonyl (C=O) groups is 2. The van der Waals surface area contributed by atoms with Gasteiger partial charge in [-0.25, -0.2) is 9.79 Å². The van der Waals surface area contributed by atoms with Crippen LogP contribution in [-0.2, 0) is 4.74 Å². The molecule has 0 amide bonds. The minimum absolute atomic E-state index is 0.0299. The number of nitrogens with zero attached hydrogens (tertiary/aromatic N) is 1. The fraction of sp³-hybridized carbons (Fsp3) is 0.267. The molecule has 0 aliphatic rings. The summed E-state index contributed by atoms with van der Waals surface area (Å²) in [6.45, 7) is 4.85. The molecule has 0 bridgehead atoms. The number of aliphatic imine (C=N–C) groups is 1. The summed E-state index contributed by atoms with van der Waals surface area (Å²) in [5, 5.41) is 10.00. The van der Waals surface area contributed by atoms with E-state index < -0.39 is 17.4 Å². The molecule has 2 rings (SSSR count). The van der Waals surface area contributed by atoms with Gasteiger partial charge in [-0.1, -0.05) is 0 Å². The molecule has 0 saturated heterocycles. The first-order valence-corrected chi connectivity index (χ1v) is 8.39. The molecule has 10 heteroatoms. The summed E-state index contributed by atoms with van der Waals surface area (Å²) in [7, 11) is 0. The van der Waals surface area contributed by atoms with Crippen molar-refractivity contribution in [3.63, 3.8) is 0 Å². The Bertz CT molecular complexity index is 984. The van der Waals surface area contributed by atoms with Crippen molar-refractivity contribution in [2.45, 2.75) is 20.8 Å². The van der Waals surface area contributed by atoms with Gasteiger partial charge in [0.25, 0.3) is 5.56 Å². The number of esters is 1. The molecule has 132 valence electrons.